The van der Waals surface area contributed by atoms with Crippen LogP contribution in [0.3, 0.4) is 0 Å². The predicted octanol–water partition coefficient (Wildman–Crippen LogP) is 3.32. The average Bonchev–Trinajstić information content (AvgIpc) is 2.28. The first kappa shape index (κ1) is 14.2. The van der Waals surface area contributed by atoms with E-state index in [-0.39, 0.29) is 12.4 Å². The molecule has 0 heterocycles. The SMILES string of the molecule is CCOC(=O)Cc1cc(CBr)cc(Br)c1C#N. The zero-order valence-corrected chi connectivity index (χ0v) is 12.5. The van der Waals surface area contributed by atoms with Crippen LogP contribution in [0.2, 0.25) is 0 Å². The minimum Gasteiger partial charge on any atom is -0.466 e. The van der Waals surface area contributed by atoms with Gasteiger partial charge in [0.25, 0.3) is 0 Å². The van der Waals surface area contributed by atoms with Gasteiger partial charge in [-0.25, -0.2) is 0 Å². The summed E-state index contributed by atoms with van der Waals surface area (Å²) in [5.74, 6) is -0.317. The first-order valence-electron chi connectivity index (χ1n) is 5.05. The highest BCUT2D eigenvalue weighted by atomic mass is 79.9. The molecule has 1 aromatic carbocycles. The fourth-order valence-corrected chi connectivity index (χ4v) is 2.40. The number of nitriles is 1. The summed E-state index contributed by atoms with van der Waals surface area (Å²) in [7, 11) is 0. The second kappa shape index (κ2) is 6.77. The summed E-state index contributed by atoms with van der Waals surface area (Å²) in [6.07, 6.45) is 0.121. The third-order valence-corrected chi connectivity index (χ3v) is 3.41. The van der Waals surface area contributed by atoms with Crippen LogP contribution in [0, 0.1) is 11.3 Å². The third-order valence-electron chi connectivity index (χ3n) is 2.14. The van der Waals surface area contributed by atoms with Crippen molar-refractivity contribution in [1.82, 2.24) is 0 Å². The molecule has 5 heteroatoms. The molecule has 0 aliphatic carbocycles. The Morgan fingerprint density at radius 1 is 1.53 bits per heavy atom. The maximum Gasteiger partial charge on any atom is 0.310 e. The quantitative estimate of drug-likeness (QED) is 0.611. The number of hydrogen-bond donors (Lipinski definition) is 0. The summed E-state index contributed by atoms with van der Waals surface area (Å²) in [5, 5.41) is 9.74. The van der Waals surface area contributed by atoms with E-state index >= 15 is 0 Å². The van der Waals surface area contributed by atoms with Crippen molar-refractivity contribution in [2.45, 2.75) is 18.7 Å². The molecule has 0 amide bonds. The summed E-state index contributed by atoms with van der Waals surface area (Å²) >= 11 is 6.68. The minimum absolute atomic E-state index is 0.121. The molecule has 0 aromatic heterocycles. The molecule has 0 saturated carbocycles. The maximum absolute atomic E-state index is 11.4. The molecule has 0 radical (unpaired) electrons. The Labute approximate surface area is 117 Å². The van der Waals surface area contributed by atoms with E-state index in [1.54, 1.807) is 6.92 Å². The number of alkyl halides is 1. The van der Waals surface area contributed by atoms with E-state index in [9.17, 15) is 4.79 Å². The topological polar surface area (TPSA) is 50.1 Å². The summed E-state index contributed by atoms with van der Waals surface area (Å²) in [5.41, 5.74) is 2.19. The van der Waals surface area contributed by atoms with E-state index in [4.69, 9.17) is 10.00 Å². The number of nitrogens with zero attached hydrogens (tertiary/aromatic N) is 1. The molecule has 1 rings (SSSR count). The van der Waals surface area contributed by atoms with Crippen molar-refractivity contribution >= 4 is 37.8 Å². The smallest absolute Gasteiger partial charge is 0.310 e. The van der Waals surface area contributed by atoms with Crippen LogP contribution in [-0.2, 0) is 21.3 Å². The van der Waals surface area contributed by atoms with E-state index in [1.165, 1.54) is 0 Å². The Kier molecular flexibility index (Phi) is 5.66. The number of esters is 1. The van der Waals surface area contributed by atoms with Crippen LogP contribution in [0.25, 0.3) is 0 Å². The van der Waals surface area contributed by atoms with Gasteiger partial charge >= 0.3 is 5.97 Å². The van der Waals surface area contributed by atoms with E-state index in [0.29, 0.717) is 27.5 Å². The lowest BCUT2D eigenvalue weighted by molar-refractivity contribution is -0.142. The van der Waals surface area contributed by atoms with Gasteiger partial charge in [-0.15, -0.1) is 0 Å². The van der Waals surface area contributed by atoms with Crippen molar-refractivity contribution < 1.29 is 9.53 Å². The molecular formula is C12H11Br2NO2. The van der Waals surface area contributed by atoms with Gasteiger partial charge in [-0.2, -0.15) is 5.26 Å². The van der Waals surface area contributed by atoms with Crippen LogP contribution in [0.1, 0.15) is 23.6 Å². The van der Waals surface area contributed by atoms with Crippen molar-refractivity contribution in [3.05, 3.63) is 33.3 Å². The van der Waals surface area contributed by atoms with Gasteiger partial charge in [0.1, 0.15) is 6.07 Å². The Balaban J connectivity index is 3.08. The average molecular weight is 361 g/mol. The predicted molar refractivity (Wildman–Crippen MR) is 71.8 cm³/mol. The minimum atomic E-state index is -0.317. The van der Waals surface area contributed by atoms with E-state index in [2.05, 4.69) is 37.9 Å². The van der Waals surface area contributed by atoms with Crippen molar-refractivity contribution in [2.75, 3.05) is 6.61 Å². The number of carbonyl (C=O) groups is 1. The molecule has 0 N–H and O–H groups in total. The maximum atomic E-state index is 11.4. The normalized spacial score (nSPS) is 9.76. The van der Waals surface area contributed by atoms with E-state index in [1.807, 2.05) is 12.1 Å². The highest BCUT2D eigenvalue weighted by Crippen LogP contribution is 2.24. The van der Waals surface area contributed by atoms with Crippen LogP contribution >= 0.6 is 31.9 Å². The van der Waals surface area contributed by atoms with Gasteiger partial charge in [-0.1, -0.05) is 22.0 Å². The zero-order valence-electron chi connectivity index (χ0n) is 9.30. The van der Waals surface area contributed by atoms with Gasteiger partial charge in [-0.05, 0) is 40.0 Å². The van der Waals surface area contributed by atoms with Crippen LogP contribution in [0.4, 0.5) is 0 Å². The van der Waals surface area contributed by atoms with Crippen molar-refractivity contribution in [2.24, 2.45) is 0 Å². The van der Waals surface area contributed by atoms with Gasteiger partial charge < -0.3 is 4.74 Å². The van der Waals surface area contributed by atoms with Gasteiger partial charge in [0.15, 0.2) is 0 Å². The second-order valence-electron chi connectivity index (χ2n) is 3.34. The highest BCUT2D eigenvalue weighted by Gasteiger charge is 2.13. The molecule has 3 nitrogen and oxygen atoms in total. The Hall–Kier alpha value is -0.860. The van der Waals surface area contributed by atoms with Crippen molar-refractivity contribution in [3.8, 4) is 6.07 Å². The molecule has 0 unspecified atom stereocenters. The lowest BCUT2D eigenvalue weighted by Crippen LogP contribution is -2.09. The molecule has 0 fully saturated rings. The van der Waals surface area contributed by atoms with Gasteiger partial charge in [-0.3, -0.25) is 4.79 Å². The lowest BCUT2D eigenvalue weighted by atomic mass is 10.0. The molecule has 0 aliphatic rings. The summed E-state index contributed by atoms with van der Waals surface area (Å²) in [6, 6.07) is 5.80. The molecule has 17 heavy (non-hydrogen) atoms. The van der Waals surface area contributed by atoms with Gasteiger partial charge in [0.05, 0.1) is 18.6 Å². The Morgan fingerprint density at radius 3 is 2.76 bits per heavy atom. The molecular weight excluding hydrogens is 350 g/mol. The van der Waals surface area contributed by atoms with Crippen molar-refractivity contribution in [3.63, 3.8) is 0 Å². The fourth-order valence-electron chi connectivity index (χ4n) is 1.44. The first-order chi connectivity index (χ1) is 8.12. The monoisotopic (exact) mass is 359 g/mol. The molecule has 0 spiro atoms. The highest BCUT2D eigenvalue weighted by molar-refractivity contribution is 9.10. The summed E-state index contributed by atoms with van der Waals surface area (Å²) < 4.78 is 5.59. The number of carbonyl (C=O) groups excluding carboxylic acids is 1. The van der Waals surface area contributed by atoms with Crippen LogP contribution in [0.15, 0.2) is 16.6 Å². The largest absolute Gasteiger partial charge is 0.466 e. The number of rotatable bonds is 4. The second-order valence-corrected chi connectivity index (χ2v) is 4.75. The third kappa shape index (κ3) is 3.83. The van der Waals surface area contributed by atoms with Crippen LogP contribution in [0.5, 0.6) is 0 Å². The van der Waals surface area contributed by atoms with Crippen LogP contribution < -0.4 is 0 Å². The summed E-state index contributed by atoms with van der Waals surface area (Å²) in [6.45, 7) is 2.11. The lowest BCUT2D eigenvalue weighted by Gasteiger charge is -2.08. The molecule has 90 valence electrons. The molecule has 0 aliphatic heterocycles. The zero-order chi connectivity index (χ0) is 12.8. The number of ether oxygens (including phenoxy) is 1. The molecule has 0 saturated heterocycles. The van der Waals surface area contributed by atoms with Crippen molar-refractivity contribution in [1.29, 1.82) is 5.26 Å². The summed E-state index contributed by atoms with van der Waals surface area (Å²) in [4.78, 5) is 11.4. The van der Waals surface area contributed by atoms with E-state index < -0.39 is 0 Å². The Morgan fingerprint density at radius 2 is 2.24 bits per heavy atom. The molecule has 1 aromatic rings. The fraction of sp³-hybridized carbons (Fsp3) is 0.333. The van der Waals surface area contributed by atoms with E-state index in [0.717, 1.165) is 5.56 Å². The number of benzene rings is 1. The van der Waals surface area contributed by atoms with Gasteiger partial charge in [0, 0.05) is 9.80 Å². The number of halogens is 2. The molecule has 0 atom stereocenters. The van der Waals surface area contributed by atoms with Crippen LogP contribution in [-0.4, -0.2) is 12.6 Å². The standard InChI is InChI=1S/C12H11Br2NO2/c1-2-17-12(16)5-9-3-8(6-13)4-11(14)10(9)7-15/h3-4H,2,5-6H2,1H3. The number of hydrogen-bond acceptors (Lipinski definition) is 3. The first-order valence-corrected chi connectivity index (χ1v) is 6.96. The molecule has 0 bridgehead atoms. The van der Waals surface area contributed by atoms with Gasteiger partial charge in [0.2, 0.25) is 0 Å². The Bertz CT molecular complexity index is 466.